The van der Waals surface area contributed by atoms with Crippen molar-refractivity contribution in [3.8, 4) is 5.75 Å². The number of nitro groups is 1. The van der Waals surface area contributed by atoms with E-state index >= 15 is 0 Å². The molecule has 0 aliphatic heterocycles. The van der Waals surface area contributed by atoms with Gasteiger partial charge in [0.25, 0.3) is 15.8 Å². The minimum Gasteiger partial charge on any atom is -0.506 e. The summed E-state index contributed by atoms with van der Waals surface area (Å²) in [5.74, 6) is -0.863. The molecule has 0 spiro atoms. The van der Waals surface area contributed by atoms with Gasteiger partial charge in [-0.05, 0) is 0 Å². The number of nitro benzene ring substituents is 1. The molecule has 2 N–H and O–H groups in total. The number of hydrogen-bond acceptors (Lipinski definition) is 5. The van der Waals surface area contributed by atoms with Gasteiger partial charge in [-0.2, -0.15) is 8.42 Å². The van der Waals surface area contributed by atoms with E-state index in [1.807, 2.05) is 6.07 Å². The molecule has 1 radical (unpaired) electrons. The van der Waals surface area contributed by atoms with Crippen LogP contribution in [-0.4, -0.2) is 23.0 Å². The molecule has 0 aromatic heterocycles. The largest absolute Gasteiger partial charge is 0.506 e. The van der Waals surface area contributed by atoms with Crippen molar-refractivity contribution in [2.45, 2.75) is 4.90 Å². The van der Waals surface area contributed by atoms with E-state index in [1.54, 1.807) is 0 Å². The minimum atomic E-state index is -4.68. The topological polar surface area (TPSA) is 118 Å². The molecule has 8 heteroatoms. The normalized spacial score (nSPS) is 11.2. The van der Waals surface area contributed by atoms with Crippen molar-refractivity contribution in [2.75, 3.05) is 0 Å². The molecular formula is C6H4NO6S. The molecule has 0 aliphatic rings. The zero-order valence-corrected chi connectivity index (χ0v) is 7.35. The van der Waals surface area contributed by atoms with Crippen molar-refractivity contribution in [1.29, 1.82) is 0 Å². The Hall–Kier alpha value is -1.67. The molecule has 0 bridgehead atoms. The first-order chi connectivity index (χ1) is 6.32. The van der Waals surface area contributed by atoms with E-state index in [2.05, 4.69) is 0 Å². The Morgan fingerprint density at radius 2 is 2.07 bits per heavy atom. The second-order valence-electron chi connectivity index (χ2n) is 2.30. The van der Waals surface area contributed by atoms with Crippen molar-refractivity contribution in [2.24, 2.45) is 0 Å². The van der Waals surface area contributed by atoms with Crippen LogP contribution >= 0.6 is 0 Å². The number of rotatable bonds is 2. The molecule has 0 saturated heterocycles. The average molecular weight is 218 g/mol. The second kappa shape index (κ2) is 3.24. The SMILES string of the molecule is O=[N+]([O-])c1c[c]c(O)c(S(=O)(=O)O)c1. The van der Waals surface area contributed by atoms with Gasteiger partial charge in [-0.1, -0.05) is 0 Å². The van der Waals surface area contributed by atoms with Crippen LogP contribution in [0.4, 0.5) is 5.69 Å². The third-order valence-corrected chi connectivity index (χ3v) is 2.22. The number of hydrogen-bond donors (Lipinski definition) is 2. The second-order valence-corrected chi connectivity index (χ2v) is 3.69. The number of non-ortho nitro benzene ring substituents is 1. The van der Waals surface area contributed by atoms with E-state index in [0.717, 1.165) is 6.07 Å². The van der Waals surface area contributed by atoms with Gasteiger partial charge in [0.2, 0.25) is 0 Å². The first kappa shape index (κ1) is 10.4. The summed E-state index contributed by atoms with van der Waals surface area (Å²) in [6.45, 7) is 0. The van der Waals surface area contributed by atoms with Gasteiger partial charge in [0.05, 0.1) is 4.92 Å². The van der Waals surface area contributed by atoms with E-state index in [1.165, 1.54) is 0 Å². The van der Waals surface area contributed by atoms with Gasteiger partial charge in [-0.3, -0.25) is 14.7 Å². The molecule has 1 rings (SSSR count). The highest BCUT2D eigenvalue weighted by molar-refractivity contribution is 7.86. The van der Waals surface area contributed by atoms with Crippen LogP contribution in [0.2, 0.25) is 0 Å². The molecule has 1 aromatic carbocycles. The van der Waals surface area contributed by atoms with Crippen LogP contribution in [0, 0.1) is 16.2 Å². The maximum Gasteiger partial charge on any atom is 0.298 e. The minimum absolute atomic E-state index is 0.543. The van der Waals surface area contributed by atoms with Crippen LogP contribution in [0.3, 0.4) is 0 Å². The van der Waals surface area contributed by atoms with Crippen LogP contribution in [0.15, 0.2) is 17.0 Å². The lowest BCUT2D eigenvalue weighted by molar-refractivity contribution is -0.385. The molecule has 14 heavy (non-hydrogen) atoms. The molecule has 0 atom stereocenters. The number of phenols is 1. The van der Waals surface area contributed by atoms with Crippen LogP contribution < -0.4 is 0 Å². The fraction of sp³-hybridized carbons (Fsp3) is 0. The Labute approximate surface area is 78.5 Å². The zero-order chi connectivity index (χ0) is 10.9. The Kier molecular flexibility index (Phi) is 2.41. The molecule has 7 nitrogen and oxygen atoms in total. The highest BCUT2D eigenvalue weighted by atomic mass is 32.2. The Morgan fingerprint density at radius 1 is 1.50 bits per heavy atom. The van der Waals surface area contributed by atoms with E-state index in [-0.39, 0.29) is 0 Å². The molecule has 0 aliphatic carbocycles. The lowest BCUT2D eigenvalue weighted by Crippen LogP contribution is -2.00. The highest BCUT2D eigenvalue weighted by Gasteiger charge is 2.19. The molecule has 0 saturated carbocycles. The number of phenolic OH excluding ortho intramolecular Hbond substituents is 1. The summed E-state index contributed by atoms with van der Waals surface area (Å²) >= 11 is 0. The summed E-state index contributed by atoms with van der Waals surface area (Å²) in [5, 5.41) is 19.2. The Bertz CT molecular complexity index is 479. The summed E-state index contributed by atoms with van der Waals surface area (Å²) in [5.41, 5.74) is -0.588. The van der Waals surface area contributed by atoms with Crippen LogP contribution in [0.25, 0.3) is 0 Å². The van der Waals surface area contributed by atoms with Gasteiger partial charge in [0.1, 0.15) is 10.6 Å². The lowest BCUT2D eigenvalue weighted by atomic mass is 10.3. The van der Waals surface area contributed by atoms with Crippen molar-refractivity contribution in [1.82, 2.24) is 0 Å². The molecule has 0 amide bonds. The maximum atomic E-state index is 10.6. The molecule has 0 fully saturated rings. The van der Waals surface area contributed by atoms with Crippen LogP contribution in [-0.2, 0) is 10.1 Å². The van der Waals surface area contributed by atoms with Crippen molar-refractivity contribution in [3.63, 3.8) is 0 Å². The summed E-state index contributed by atoms with van der Waals surface area (Å²) in [4.78, 5) is 8.41. The fourth-order valence-corrected chi connectivity index (χ4v) is 1.33. The smallest absolute Gasteiger partial charge is 0.298 e. The first-order valence-corrected chi connectivity index (χ1v) is 4.63. The van der Waals surface area contributed by atoms with Crippen LogP contribution in [0.5, 0.6) is 5.75 Å². The summed E-state index contributed by atoms with van der Waals surface area (Å²) in [6.07, 6.45) is 0. The summed E-state index contributed by atoms with van der Waals surface area (Å²) in [7, 11) is -4.68. The average Bonchev–Trinajstić information content (AvgIpc) is 2.02. The van der Waals surface area contributed by atoms with Gasteiger partial charge in [0.15, 0.2) is 0 Å². The molecular weight excluding hydrogens is 214 g/mol. The summed E-state index contributed by atoms with van der Waals surface area (Å²) < 4.78 is 29.7. The third kappa shape index (κ3) is 1.98. The van der Waals surface area contributed by atoms with E-state index in [4.69, 9.17) is 9.66 Å². The van der Waals surface area contributed by atoms with E-state index in [0.29, 0.717) is 6.07 Å². The van der Waals surface area contributed by atoms with Gasteiger partial charge < -0.3 is 5.11 Å². The lowest BCUT2D eigenvalue weighted by Gasteiger charge is -1.99. The van der Waals surface area contributed by atoms with E-state index < -0.39 is 31.4 Å². The number of aromatic hydroxyl groups is 1. The summed E-state index contributed by atoms with van der Waals surface area (Å²) in [6, 6.07) is 3.27. The molecule has 0 heterocycles. The van der Waals surface area contributed by atoms with Gasteiger partial charge in [-0.15, -0.1) is 0 Å². The molecule has 75 valence electrons. The maximum absolute atomic E-state index is 10.6. The monoisotopic (exact) mass is 218 g/mol. The number of benzene rings is 1. The first-order valence-electron chi connectivity index (χ1n) is 3.19. The van der Waals surface area contributed by atoms with Crippen molar-refractivity contribution in [3.05, 3.63) is 28.3 Å². The quantitative estimate of drug-likeness (QED) is 0.420. The highest BCUT2D eigenvalue weighted by Crippen LogP contribution is 2.25. The predicted octanol–water partition coefficient (Wildman–Crippen LogP) is 0.347. The van der Waals surface area contributed by atoms with Crippen molar-refractivity contribution < 1.29 is 23.0 Å². The van der Waals surface area contributed by atoms with Crippen LogP contribution in [0.1, 0.15) is 0 Å². The third-order valence-electron chi connectivity index (χ3n) is 1.36. The Morgan fingerprint density at radius 3 is 2.50 bits per heavy atom. The van der Waals surface area contributed by atoms with Gasteiger partial charge in [0, 0.05) is 18.2 Å². The van der Waals surface area contributed by atoms with Gasteiger partial charge in [-0.25, -0.2) is 0 Å². The molecule has 0 unspecified atom stereocenters. The van der Waals surface area contributed by atoms with Gasteiger partial charge >= 0.3 is 0 Å². The number of nitrogens with zero attached hydrogens (tertiary/aromatic N) is 1. The molecule has 1 aromatic rings. The Balaban J connectivity index is 3.44. The fourth-order valence-electron chi connectivity index (χ4n) is 0.760. The van der Waals surface area contributed by atoms with Crippen molar-refractivity contribution >= 4 is 15.8 Å². The zero-order valence-electron chi connectivity index (χ0n) is 6.54. The van der Waals surface area contributed by atoms with E-state index in [9.17, 15) is 18.5 Å². The standard InChI is InChI=1S/C6H4NO6S/c8-5-2-1-4(7(9)10)3-6(5)14(11,12)13/h1,3,8H,(H,11,12,13). The predicted molar refractivity (Wildman–Crippen MR) is 43.4 cm³/mol.